The van der Waals surface area contributed by atoms with Crippen LogP contribution in [0.15, 0.2) is 36.5 Å². The minimum Gasteiger partial charge on any atom is -0.341 e. The Morgan fingerprint density at radius 1 is 1.05 bits per heavy atom. The van der Waals surface area contributed by atoms with Gasteiger partial charge in [-0.05, 0) is 37.3 Å². The van der Waals surface area contributed by atoms with E-state index in [2.05, 4.69) is 41.1 Å². The number of hydrogen-bond acceptors (Lipinski definition) is 3. The van der Waals surface area contributed by atoms with Crippen LogP contribution in [0.5, 0.6) is 0 Å². The number of rotatable bonds is 3. The van der Waals surface area contributed by atoms with Gasteiger partial charge in [0, 0.05) is 31.4 Å². The standard InChI is InChI=1S/C17H21N3/c1-14-16(12-15-8-4-2-5-9-15)13-18-17(19-14)20-10-6-3-7-11-20/h2,4-5,8-9,13H,3,6-7,10-12H2,1H3. The van der Waals surface area contributed by atoms with E-state index in [9.17, 15) is 0 Å². The molecule has 1 saturated heterocycles. The number of benzene rings is 1. The SMILES string of the molecule is Cc1nc(N2CCCCC2)ncc1Cc1ccccc1. The molecule has 3 rings (SSSR count). The molecule has 0 aliphatic carbocycles. The van der Waals surface area contributed by atoms with Crippen LogP contribution in [0.25, 0.3) is 0 Å². The van der Waals surface area contributed by atoms with Gasteiger partial charge in [0.25, 0.3) is 0 Å². The smallest absolute Gasteiger partial charge is 0.225 e. The fraction of sp³-hybridized carbons (Fsp3) is 0.412. The van der Waals surface area contributed by atoms with Crippen molar-refractivity contribution >= 4 is 5.95 Å². The predicted octanol–water partition coefficient (Wildman–Crippen LogP) is 3.37. The third-order valence-corrected chi connectivity index (χ3v) is 3.94. The van der Waals surface area contributed by atoms with Gasteiger partial charge < -0.3 is 4.90 Å². The zero-order valence-electron chi connectivity index (χ0n) is 12.0. The molecule has 1 aliphatic heterocycles. The Balaban J connectivity index is 1.77. The highest BCUT2D eigenvalue weighted by atomic mass is 15.2. The summed E-state index contributed by atoms with van der Waals surface area (Å²) in [7, 11) is 0. The van der Waals surface area contributed by atoms with E-state index in [1.54, 1.807) is 0 Å². The lowest BCUT2D eigenvalue weighted by Crippen LogP contribution is -2.31. The molecular weight excluding hydrogens is 246 g/mol. The second kappa shape index (κ2) is 6.04. The van der Waals surface area contributed by atoms with Crippen LogP contribution in [0, 0.1) is 6.92 Å². The molecule has 2 heterocycles. The lowest BCUT2D eigenvalue weighted by molar-refractivity contribution is 0.567. The fourth-order valence-corrected chi connectivity index (χ4v) is 2.72. The lowest BCUT2D eigenvalue weighted by Gasteiger charge is -2.27. The summed E-state index contributed by atoms with van der Waals surface area (Å²) in [4.78, 5) is 11.6. The molecule has 0 radical (unpaired) electrons. The van der Waals surface area contributed by atoms with Crippen molar-refractivity contribution in [2.45, 2.75) is 32.6 Å². The van der Waals surface area contributed by atoms with Gasteiger partial charge in [0.2, 0.25) is 5.95 Å². The highest BCUT2D eigenvalue weighted by Crippen LogP contribution is 2.18. The topological polar surface area (TPSA) is 29.0 Å². The van der Waals surface area contributed by atoms with Crippen molar-refractivity contribution in [3.63, 3.8) is 0 Å². The Hall–Kier alpha value is -1.90. The van der Waals surface area contributed by atoms with Crippen LogP contribution in [-0.4, -0.2) is 23.1 Å². The number of anilines is 1. The van der Waals surface area contributed by atoms with Crippen molar-refractivity contribution in [2.24, 2.45) is 0 Å². The molecular formula is C17H21N3. The molecule has 1 aromatic heterocycles. The third-order valence-electron chi connectivity index (χ3n) is 3.94. The first-order valence-corrected chi connectivity index (χ1v) is 7.44. The second-order valence-electron chi connectivity index (χ2n) is 5.49. The highest BCUT2D eigenvalue weighted by Gasteiger charge is 2.14. The van der Waals surface area contributed by atoms with Crippen LogP contribution in [-0.2, 0) is 6.42 Å². The zero-order chi connectivity index (χ0) is 13.8. The maximum atomic E-state index is 4.71. The number of piperidine rings is 1. The van der Waals surface area contributed by atoms with E-state index >= 15 is 0 Å². The number of aryl methyl sites for hydroxylation is 1. The first kappa shape index (κ1) is 13.1. The molecule has 0 spiro atoms. The van der Waals surface area contributed by atoms with Crippen molar-refractivity contribution in [1.29, 1.82) is 0 Å². The molecule has 3 nitrogen and oxygen atoms in total. The molecule has 3 heteroatoms. The molecule has 0 N–H and O–H groups in total. The van der Waals surface area contributed by atoms with Gasteiger partial charge in [-0.1, -0.05) is 30.3 Å². The van der Waals surface area contributed by atoms with Crippen LogP contribution in [0.3, 0.4) is 0 Å². The van der Waals surface area contributed by atoms with E-state index < -0.39 is 0 Å². The monoisotopic (exact) mass is 267 g/mol. The summed E-state index contributed by atoms with van der Waals surface area (Å²) >= 11 is 0. The van der Waals surface area contributed by atoms with Gasteiger partial charge in [0.05, 0.1) is 0 Å². The molecule has 1 fully saturated rings. The summed E-state index contributed by atoms with van der Waals surface area (Å²) in [6.45, 7) is 4.28. The Labute approximate surface area is 120 Å². The van der Waals surface area contributed by atoms with E-state index in [0.717, 1.165) is 31.2 Å². The van der Waals surface area contributed by atoms with Gasteiger partial charge in [-0.15, -0.1) is 0 Å². The molecule has 1 aliphatic rings. The summed E-state index contributed by atoms with van der Waals surface area (Å²) in [6, 6.07) is 10.5. The highest BCUT2D eigenvalue weighted by molar-refractivity contribution is 5.35. The van der Waals surface area contributed by atoms with Crippen molar-refractivity contribution in [3.8, 4) is 0 Å². The van der Waals surface area contributed by atoms with Crippen molar-refractivity contribution in [3.05, 3.63) is 53.3 Å². The van der Waals surface area contributed by atoms with Crippen LogP contribution < -0.4 is 4.90 Å². The van der Waals surface area contributed by atoms with E-state index in [0.29, 0.717) is 0 Å². The van der Waals surface area contributed by atoms with Crippen LogP contribution >= 0.6 is 0 Å². The van der Waals surface area contributed by atoms with E-state index in [4.69, 9.17) is 4.98 Å². The summed E-state index contributed by atoms with van der Waals surface area (Å²) in [6.07, 6.45) is 6.76. The molecule has 1 aromatic carbocycles. The number of nitrogens with zero attached hydrogens (tertiary/aromatic N) is 3. The van der Waals surface area contributed by atoms with E-state index in [-0.39, 0.29) is 0 Å². The summed E-state index contributed by atoms with van der Waals surface area (Å²) in [5, 5.41) is 0. The molecule has 0 amide bonds. The minimum atomic E-state index is 0.902. The average Bonchev–Trinajstić information content (AvgIpc) is 2.51. The van der Waals surface area contributed by atoms with Crippen LogP contribution in [0.2, 0.25) is 0 Å². The van der Waals surface area contributed by atoms with Gasteiger partial charge in [-0.3, -0.25) is 0 Å². The van der Waals surface area contributed by atoms with Gasteiger partial charge in [0.1, 0.15) is 0 Å². The number of hydrogen-bond donors (Lipinski definition) is 0. The molecule has 2 aromatic rings. The largest absolute Gasteiger partial charge is 0.341 e. The molecule has 104 valence electrons. The van der Waals surface area contributed by atoms with Crippen molar-refractivity contribution in [2.75, 3.05) is 18.0 Å². The maximum Gasteiger partial charge on any atom is 0.225 e. The van der Waals surface area contributed by atoms with E-state index in [1.165, 1.54) is 30.4 Å². The minimum absolute atomic E-state index is 0.902. The Kier molecular flexibility index (Phi) is 3.95. The van der Waals surface area contributed by atoms with Crippen molar-refractivity contribution in [1.82, 2.24) is 9.97 Å². The Bertz CT molecular complexity index is 560. The normalized spacial score (nSPS) is 15.3. The third kappa shape index (κ3) is 2.98. The van der Waals surface area contributed by atoms with Gasteiger partial charge in [-0.25, -0.2) is 9.97 Å². The van der Waals surface area contributed by atoms with Gasteiger partial charge in [0.15, 0.2) is 0 Å². The maximum absolute atomic E-state index is 4.71. The predicted molar refractivity (Wildman–Crippen MR) is 82.1 cm³/mol. The molecule has 0 atom stereocenters. The Morgan fingerprint density at radius 2 is 1.80 bits per heavy atom. The summed E-state index contributed by atoms with van der Waals surface area (Å²) in [5.41, 5.74) is 3.63. The molecule has 20 heavy (non-hydrogen) atoms. The molecule has 0 bridgehead atoms. The average molecular weight is 267 g/mol. The second-order valence-corrected chi connectivity index (χ2v) is 5.49. The van der Waals surface area contributed by atoms with Crippen LogP contribution in [0.4, 0.5) is 5.95 Å². The first-order valence-electron chi connectivity index (χ1n) is 7.44. The zero-order valence-corrected chi connectivity index (χ0v) is 12.0. The van der Waals surface area contributed by atoms with Gasteiger partial charge in [-0.2, -0.15) is 0 Å². The van der Waals surface area contributed by atoms with Crippen LogP contribution in [0.1, 0.15) is 36.1 Å². The fourth-order valence-electron chi connectivity index (χ4n) is 2.72. The van der Waals surface area contributed by atoms with Gasteiger partial charge >= 0.3 is 0 Å². The molecule has 0 unspecified atom stereocenters. The Morgan fingerprint density at radius 3 is 2.50 bits per heavy atom. The first-order chi connectivity index (χ1) is 9.83. The van der Waals surface area contributed by atoms with E-state index in [1.807, 2.05) is 12.3 Å². The lowest BCUT2D eigenvalue weighted by atomic mass is 10.1. The molecule has 0 saturated carbocycles. The van der Waals surface area contributed by atoms with Crippen molar-refractivity contribution < 1.29 is 0 Å². The number of aromatic nitrogens is 2. The quantitative estimate of drug-likeness (QED) is 0.854. The summed E-state index contributed by atoms with van der Waals surface area (Å²) in [5.74, 6) is 0.902. The summed E-state index contributed by atoms with van der Waals surface area (Å²) < 4.78 is 0.